The highest BCUT2D eigenvalue weighted by molar-refractivity contribution is 5.89. The van der Waals surface area contributed by atoms with Gasteiger partial charge in [-0.1, -0.05) is 47.7 Å². The number of fused-ring (bicyclic) bond motifs is 5. The quantitative estimate of drug-likeness (QED) is 0.444. The molecule has 4 aromatic rings. The molecular formula is C22H19N5O2. The van der Waals surface area contributed by atoms with Crippen LogP contribution in [0.2, 0.25) is 0 Å². The third-order valence-corrected chi connectivity index (χ3v) is 5.10. The number of rotatable bonds is 4. The van der Waals surface area contributed by atoms with E-state index < -0.39 is 5.97 Å². The molecule has 2 aromatic carbocycles. The number of carbonyl (C=O) groups is 1. The highest BCUT2D eigenvalue weighted by Crippen LogP contribution is 2.30. The third kappa shape index (κ3) is 2.91. The van der Waals surface area contributed by atoms with E-state index in [4.69, 9.17) is 4.74 Å². The Bertz CT molecular complexity index is 1190. The van der Waals surface area contributed by atoms with E-state index in [2.05, 4.69) is 27.4 Å². The van der Waals surface area contributed by atoms with Crippen LogP contribution in [0.1, 0.15) is 40.1 Å². The van der Waals surface area contributed by atoms with Crippen molar-refractivity contribution in [1.29, 1.82) is 0 Å². The van der Waals surface area contributed by atoms with Gasteiger partial charge in [0.2, 0.25) is 0 Å². The molecule has 0 N–H and O–H groups in total. The van der Waals surface area contributed by atoms with Gasteiger partial charge in [-0.05, 0) is 24.6 Å². The molecule has 2 aromatic heterocycles. The minimum absolute atomic E-state index is 0.306. The van der Waals surface area contributed by atoms with E-state index in [9.17, 15) is 4.79 Å². The minimum Gasteiger partial charge on any atom is -0.461 e. The molecule has 5 rings (SSSR count). The first kappa shape index (κ1) is 17.4. The number of hydrogen-bond acceptors (Lipinski definition) is 5. The topological polar surface area (TPSA) is 74.8 Å². The summed E-state index contributed by atoms with van der Waals surface area (Å²) in [6.07, 6.45) is 2.83. The van der Waals surface area contributed by atoms with E-state index >= 15 is 0 Å². The van der Waals surface area contributed by atoms with Gasteiger partial charge >= 0.3 is 5.97 Å². The molecule has 7 nitrogen and oxygen atoms in total. The molecule has 0 radical (unpaired) electrons. The van der Waals surface area contributed by atoms with E-state index in [0.717, 1.165) is 34.0 Å². The molecular weight excluding hydrogens is 366 g/mol. The van der Waals surface area contributed by atoms with Crippen molar-refractivity contribution in [2.45, 2.75) is 19.8 Å². The minimum atomic E-state index is -0.413. The fourth-order valence-corrected chi connectivity index (χ4v) is 3.76. The lowest BCUT2D eigenvalue weighted by molar-refractivity contribution is 0.0519. The van der Waals surface area contributed by atoms with Gasteiger partial charge in [0.25, 0.3) is 0 Å². The third-order valence-electron chi connectivity index (χ3n) is 5.10. The Labute approximate surface area is 167 Å². The van der Waals surface area contributed by atoms with Crippen molar-refractivity contribution in [3.63, 3.8) is 0 Å². The maximum absolute atomic E-state index is 12.5. The van der Waals surface area contributed by atoms with Crippen LogP contribution >= 0.6 is 0 Å². The number of nitrogens with zero attached hydrogens (tertiary/aromatic N) is 5. The summed E-state index contributed by atoms with van der Waals surface area (Å²) in [4.78, 5) is 16.9. The number of benzene rings is 2. The van der Waals surface area contributed by atoms with E-state index in [1.165, 1.54) is 0 Å². The van der Waals surface area contributed by atoms with Crippen molar-refractivity contribution < 1.29 is 9.53 Å². The van der Waals surface area contributed by atoms with Crippen LogP contribution in [-0.4, -0.2) is 37.1 Å². The molecule has 29 heavy (non-hydrogen) atoms. The number of aromatic nitrogens is 5. The van der Waals surface area contributed by atoms with Crippen LogP contribution < -0.4 is 0 Å². The van der Waals surface area contributed by atoms with Crippen molar-refractivity contribution in [2.75, 3.05) is 6.61 Å². The van der Waals surface area contributed by atoms with E-state index in [1.807, 2.05) is 51.7 Å². The predicted octanol–water partition coefficient (Wildman–Crippen LogP) is 3.12. The van der Waals surface area contributed by atoms with Gasteiger partial charge in [0.1, 0.15) is 6.33 Å². The highest BCUT2D eigenvalue weighted by Gasteiger charge is 2.28. The van der Waals surface area contributed by atoms with E-state index in [1.54, 1.807) is 13.3 Å². The molecule has 144 valence electrons. The number of hydrogen-bond donors (Lipinski definition) is 0. The van der Waals surface area contributed by atoms with Crippen molar-refractivity contribution in [3.05, 3.63) is 89.3 Å². The van der Waals surface area contributed by atoms with Crippen LogP contribution in [-0.2, 0) is 17.6 Å². The van der Waals surface area contributed by atoms with Crippen LogP contribution in [0.5, 0.6) is 0 Å². The highest BCUT2D eigenvalue weighted by atomic mass is 16.5. The Hall–Kier alpha value is -3.74. The van der Waals surface area contributed by atoms with Crippen molar-refractivity contribution in [2.24, 2.45) is 0 Å². The molecule has 1 aliphatic rings. The SMILES string of the molecule is CCOC(=O)c1ncn2c1Cc1c(Cc3ccccc3)nnn1-c1ccccc1-2. The Kier molecular flexibility index (Phi) is 4.20. The monoisotopic (exact) mass is 385 g/mol. The average molecular weight is 385 g/mol. The lowest BCUT2D eigenvalue weighted by Crippen LogP contribution is -2.11. The van der Waals surface area contributed by atoms with Gasteiger partial charge in [-0.3, -0.25) is 4.57 Å². The molecule has 7 heteroatoms. The summed E-state index contributed by atoms with van der Waals surface area (Å²) >= 11 is 0. The lowest BCUT2D eigenvalue weighted by Gasteiger charge is -2.09. The number of carbonyl (C=O) groups excluding carboxylic acids is 1. The van der Waals surface area contributed by atoms with Gasteiger partial charge in [0, 0.05) is 12.8 Å². The Morgan fingerprint density at radius 1 is 1.03 bits per heavy atom. The summed E-state index contributed by atoms with van der Waals surface area (Å²) in [6, 6.07) is 18.1. The largest absolute Gasteiger partial charge is 0.461 e. The number of ether oxygens (including phenoxy) is 1. The molecule has 0 saturated heterocycles. The molecule has 0 aliphatic carbocycles. The Morgan fingerprint density at radius 2 is 1.79 bits per heavy atom. The molecule has 1 aliphatic heterocycles. The van der Waals surface area contributed by atoms with Gasteiger partial charge < -0.3 is 4.74 Å². The van der Waals surface area contributed by atoms with Gasteiger partial charge in [0.05, 0.1) is 35.1 Å². The molecule has 0 amide bonds. The van der Waals surface area contributed by atoms with Crippen LogP contribution in [0.3, 0.4) is 0 Å². The maximum atomic E-state index is 12.5. The first-order valence-electron chi connectivity index (χ1n) is 9.56. The Balaban J connectivity index is 1.67. The van der Waals surface area contributed by atoms with Crippen molar-refractivity contribution >= 4 is 5.97 Å². The molecule has 3 heterocycles. The second-order valence-corrected chi connectivity index (χ2v) is 6.85. The Morgan fingerprint density at radius 3 is 2.59 bits per heavy atom. The standard InChI is InChI=1S/C22H19N5O2/c1-2-29-22(28)21-20-13-19-16(12-15-8-4-3-5-9-15)24-25-27(19)18-11-7-6-10-17(18)26(20)14-23-21/h3-11,14H,2,12-13H2,1H3. The summed E-state index contributed by atoms with van der Waals surface area (Å²) in [5.74, 6) is -0.413. The van der Waals surface area contributed by atoms with Crippen LogP contribution in [0.15, 0.2) is 60.9 Å². The molecule has 0 bridgehead atoms. The summed E-state index contributed by atoms with van der Waals surface area (Å²) in [5, 5.41) is 8.91. The predicted molar refractivity (Wildman–Crippen MR) is 106 cm³/mol. The van der Waals surface area contributed by atoms with Crippen LogP contribution in [0.4, 0.5) is 0 Å². The first-order valence-corrected chi connectivity index (χ1v) is 9.56. The zero-order valence-corrected chi connectivity index (χ0v) is 15.9. The fraction of sp³-hybridized carbons (Fsp3) is 0.182. The smallest absolute Gasteiger partial charge is 0.358 e. The second kappa shape index (κ2) is 7.01. The lowest BCUT2D eigenvalue weighted by atomic mass is 10.1. The molecule has 0 spiro atoms. The van der Waals surface area contributed by atoms with Crippen LogP contribution in [0.25, 0.3) is 11.4 Å². The summed E-state index contributed by atoms with van der Waals surface area (Å²) in [6.45, 7) is 2.10. The number of para-hydroxylation sites is 2. The van der Waals surface area contributed by atoms with Gasteiger partial charge in [-0.15, -0.1) is 5.10 Å². The second-order valence-electron chi connectivity index (χ2n) is 6.85. The normalized spacial score (nSPS) is 11.9. The average Bonchev–Trinajstić information content (AvgIpc) is 3.31. The number of esters is 1. The van der Waals surface area contributed by atoms with Gasteiger partial charge in [0.15, 0.2) is 5.69 Å². The van der Waals surface area contributed by atoms with Crippen molar-refractivity contribution in [3.8, 4) is 11.4 Å². The molecule has 0 unspecified atom stereocenters. The van der Waals surface area contributed by atoms with Gasteiger partial charge in [-0.2, -0.15) is 0 Å². The molecule has 0 saturated carbocycles. The van der Waals surface area contributed by atoms with Gasteiger partial charge in [-0.25, -0.2) is 14.5 Å². The molecule has 0 atom stereocenters. The molecule has 0 fully saturated rings. The summed E-state index contributed by atoms with van der Waals surface area (Å²) in [5.41, 5.74) is 5.92. The van der Waals surface area contributed by atoms with E-state index in [-0.39, 0.29) is 0 Å². The van der Waals surface area contributed by atoms with E-state index in [0.29, 0.717) is 25.1 Å². The van der Waals surface area contributed by atoms with Crippen molar-refractivity contribution in [1.82, 2.24) is 24.5 Å². The number of imidazole rings is 1. The zero-order chi connectivity index (χ0) is 19.8. The fourth-order valence-electron chi connectivity index (χ4n) is 3.76. The first-order chi connectivity index (χ1) is 14.3. The van der Waals surface area contributed by atoms with Crippen LogP contribution in [0, 0.1) is 0 Å². The maximum Gasteiger partial charge on any atom is 0.358 e. The summed E-state index contributed by atoms with van der Waals surface area (Å²) < 4.78 is 9.04. The zero-order valence-electron chi connectivity index (χ0n) is 15.9. The summed E-state index contributed by atoms with van der Waals surface area (Å²) in [7, 11) is 0.